The van der Waals surface area contributed by atoms with Crippen LogP contribution in [-0.2, 0) is 11.3 Å². The summed E-state index contributed by atoms with van der Waals surface area (Å²) in [5.74, 6) is -0.443. The van der Waals surface area contributed by atoms with Gasteiger partial charge in [0, 0.05) is 28.9 Å². The number of aryl methyl sites for hydroxylation is 3. The first-order chi connectivity index (χ1) is 12.9. The Labute approximate surface area is 155 Å². The van der Waals surface area contributed by atoms with E-state index in [2.05, 4.69) is 9.97 Å². The van der Waals surface area contributed by atoms with Crippen LogP contribution in [0.1, 0.15) is 32.9 Å². The highest BCUT2D eigenvalue weighted by Crippen LogP contribution is 2.22. The summed E-state index contributed by atoms with van der Waals surface area (Å²) in [5.41, 5.74) is 5.32. The van der Waals surface area contributed by atoms with Gasteiger partial charge in [-0.3, -0.25) is 9.20 Å². The molecule has 1 aromatic carbocycles. The Kier molecular flexibility index (Phi) is 4.03. The molecule has 27 heavy (non-hydrogen) atoms. The molecule has 0 aliphatic rings. The van der Waals surface area contributed by atoms with Crippen LogP contribution in [0, 0.1) is 20.8 Å². The number of aromatic amines is 1. The molecule has 0 aliphatic carbocycles. The van der Waals surface area contributed by atoms with Crippen molar-refractivity contribution in [3.63, 3.8) is 0 Å². The summed E-state index contributed by atoms with van der Waals surface area (Å²) in [7, 11) is 0. The van der Waals surface area contributed by atoms with Crippen LogP contribution >= 0.6 is 0 Å². The van der Waals surface area contributed by atoms with Crippen LogP contribution in [0.3, 0.4) is 0 Å². The first-order valence-corrected chi connectivity index (χ1v) is 8.68. The average Bonchev–Trinajstić information content (AvgIpc) is 2.94. The van der Waals surface area contributed by atoms with E-state index in [1.165, 1.54) is 10.5 Å². The van der Waals surface area contributed by atoms with Gasteiger partial charge in [-0.05, 0) is 56.2 Å². The lowest BCUT2D eigenvalue weighted by Gasteiger charge is -2.07. The third-order valence-electron chi connectivity index (χ3n) is 4.83. The lowest BCUT2D eigenvalue weighted by Crippen LogP contribution is -2.17. The zero-order chi connectivity index (χ0) is 19.1. The molecule has 0 atom stereocenters. The van der Waals surface area contributed by atoms with Crippen LogP contribution in [0.15, 0.2) is 47.4 Å². The van der Waals surface area contributed by atoms with Gasteiger partial charge in [0.25, 0.3) is 5.56 Å². The number of carbonyl (C=O) groups is 1. The minimum absolute atomic E-state index is 0.0535. The van der Waals surface area contributed by atoms with E-state index in [0.717, 1.165) is 27.7 Å². The number of hydrogen-bond donors (Lipinski definition) is 1. The molecule has 4 rings (SSSR count). The van der Waals surface area contributed by atoms with E-state index < -0.39 is 5.97 Å². The van der Waals surface area contributed by atoms with Gasteiger partial charge in [0.05, 0.1) is 11.3 Å². The van der Waals surface area contributed by atoms with E-state index in [-0.39, 0.29) is 12.2 Å². The molecule has 136 valence electrons. The zero-order valence-corrected chi connectivity index (χ0v) is 15.4. The largest absolute Gasteiger partial charge is 0.456 e. The number of nitrogens with one attached hydrogen (secondary N) is 1. The molecular formula is C21H19N3O3. The molecule has 0 amide bonds. The fraction of sp³-hybridized carbons (Fsp3) is 0.190. The number of carbonyl (C=O) groups excluding carboxylic acids is 1. The monoisotopic (exact) mass is 361 g/mol. The molecule has 0 aliphatic heterocycles. The lowest BCUT2D eigenvalue weighted by atomic mass is 10.1. The van der Waals surface area contributed by atoms with E-state index >= 15 is 0 Å². The molecule has 1 N–H and O–H groups in total. The summed E-state index contributed by atoms with van der Waals surface area (Å²) in [5, 5.41) is 1.000. The molecule has 0 spiro atoms. The zero-order valence-electron chi connectivity index (χ0n) is 15.4. The first kappa shape index (κ1) is 17.0. The van der Waals surface area contributed by atoms with E-state index in [4.69, 9.17) is 4.74 Å². The highest BCUT2D eigenvalue weighted by Gasteiger charge is 2.12. The van der Waals surface area contributed by atoms with Crippen molar-refractivity contribution in [3.8, 4) is 0 Å². The smallest absolute Gasteiger partial charge is 0.338 e. The van der Waals surface area contributed by atoms with Gasteiger partial charge in [0.1, 0.15) is 12.3 Å². The van der Waals surface area contributed by atoms with Gasteiger partial charge in [-0.25, -0.2) is 9.78 Å². The Morgan fingerprint density at radius 1 is 1.19 bits per heavy atom. The highest BCUT2D eigenvalue weighted by molar-refractivity contribution is 5.96. The number of pyridine rings is 1. The molecule has 0 bridgehead atoms. The first-order valence-electron chi connectivity index (χ1n) is 8.68. The molecule has 4 aromatic rings. The molecule has 0 saturated carbocycles. The highest BCUT2D eigenvalue weighted by atomic mass is 16.5. The maximum Gasteiger partial charge on any atom is 0.338 e. The number of benzene rings is 1. The van der Waals surface area contributed by atoms with Gasteiger partial charge in [-0.15, -0.1) is 0 Å². The maximum atomic E-state index is 12.5. The summed E-state index contributed by atoms with van der Waals surface area (Å²) in [6.07, 6.45) is 1.67. The lowest BCUT2D eigenvalue weighted by molar-refractivity contribution is 0.0468. The Morgan fingerprint density at radius 3 is 2.81 bits per heavy atom. The van der Waals surface area contributed by atoms with Gasteiger partial charge in [-0.1, -0.05) is 6.07 Å². The fourth-order valence-electron chi connectivity index (χ4n) is 3.19. The molecule has 6 heteroatoms. The molecule has 0 radical (unpaired) electrons. The van der Waals surface area contributed by atoms with Crippen molar-refractivity contribution in [2.75, 3.05) is 0 Å². The summed E-state index contributed by atoms with van der Waals surface area (Å²) in [6, 6.07) is 10.5. The number of esters is 1. The molecule has 0 unspecified atom stereocenters. The minimum atomic E-state index is -0.443. The number of nitrogens with zero attached hydrogens (tertiary/aromatic N) is 2. The minimum Gasteiger partial charge on any atom is -0.456 e. The second-order valence-electron chi connectivity index (χ2n) is 6.68. The van der Waals surface area contributed by atoms with Crippen LogP contribution in [0.5, 0.6) is 0 Å². The number of H-pyrrole nitrogens is 1. The number of rotatable bonds is 3. The third-order valence-corrected chi connectivity index (χ3v) is 4.83. The van der Waals surface area contributed by atoms with Crippen LogP contribution in [0.25, 0.3) is 16.6 Å². The third kappa shape index (κ3) is 2.99. The predicted molar refractivity (Wildman–Crippen MR) is 103 cm³/mol. The van der Waals surface area contributed by atoms with Gasteiger partial charge < -0.3 is 9.72 Å². The molecular weight excluding hydrogens is 342 g/mol. The van der Waals surface area contributed by atoms with Crippen molar-refractivity contribution in [1.29, 1.82) is 0 Å². The number of ether oxygens (including phenoxy) is 1. The predicted octanol–water partition coefficient (Wildman–Crippen LogP) is 3.46. The van der Waals surface area contributed by atoms with Crippen molar-refractivity contribution in [2.24, 2.45) is 0 Å². The number of hydrogen-bond acceptors (Lipinski definition) is 4. The van der Waals surface area contributed by atoms with E-state index in [9.17, 15) is 9.59 Å². The van der Waals surface area contributed by atoms with E-state index in [1.807, 2.05) is 39.0 Å². The van der Waals surface area contributed by atoms with E-state index in [1.54, 1.807) is 18.3 Å². The Morgan fingerprint density at radius 2 is 2.00 bits per heavy atom. The average molecular weight is 361 g/mol. The van der Waals surface area contributed by atoms with Crippen LogP contribution in [-0.4, -0.2) is 20.3 Å². The Hall–Kier alpha value is -3.41. The number of fused-ring (bicyclic) bond motifs is 2. The second-order valence-corrected chi connectivity index (χ2v) is 6.68. The molecule has 3 aromatic heterocycles. The summed E-state index contributed by atoms with van der Waals surface area (Å²) >= 11 is 0. The molecule has 3 heterocycles. The SMILES string of the molecule is Cc1[nH]c2ccc(C(=O)OCc3cc(=O)n4cccc(C)c4n3)cc2c1C. The van der Waals surface area contributed by atoms with Crippen molar-refractivity contribution >= 4 is 22.5 Å². The maximum absolute atomic E-state index is 12.5. The molecule has 6 nitrogen and oxygen atoms in total. The Bertz CT molecular complexity index is 1250. The van der Waals surface area contributed by atoms with Crippen LogP contribution in [0.2, 0.25) is 0 Å². The molecule has 0 fully saturated rings. The Balaban J connectivity index is 1.59. The van der Waals surface area contributed by atoms with Gasteiger partial charge in [-0.2, -0.15) is 0 Å². The topological polar surface area (TPSA) is 76.5 Å². The fourth-order valence-corrected chi connectivity index (χ4v) is 3.19. The summed E-state index contributed by atoms with van der Waals surface area (Å²) in [6.45, 7) is 5.84. The van der Waals surface area contributed by atoms with Crippen molar-refractivity contribution in [3.05, 3.63) is 81.0 Å². The quantitative estimate of drug-likeness (QED) is 0.567. The molecule has 0 saturated heterocycles. The standard InChI is InChI=1S/C21H19N3O3/c1-12-5-4-8-24-19(25)10-16(23-20(12)24)11-27-21(26)15-6-7-18-17(9-15)13(2)14(3)22-18/h4-10,22H,11H2,1-3H3. The summed E-state index contributed by atoms with van der Waals surface area (Å²) in [4.78, 5) is 32.4. The normalized spacial score (nSPS) is 11.2. The van der Waals surface area contributed by atoms with Gasteiger partial charge >= 0.3 is 5.97 Å². The van der Waals surface area contributed by atoms with Crippen LogP contribution < -0.4 is 5.56 Å². The van der Waals surface area contributed by atoms with Crippen LogP contribution in [0.4, 0.5) is 0 Å². The second kappa shape index (κ2) is 6.39. The van der Waals surface area contributed by atoms with Crippen molar-refractivity contribution in [1.82, 2.24) is 14.4 Å². The summed E-state index contributed by atoms with van der Waals surface area (Å²) < 4.78 is 6.87. The van der Waals surface area contributed by atoms with E-state index in [0.29, 0.717) is 16.9 Å². The van der Waals surface area contributed by atoms with Gasteiger partial charge in [0.2, 0.25) is 0 Å². The van der Waals surface area contributed by atoms with Crippen molar-refractivity contribution < 1.29 is 9.53 Å². The number of aromatic nitrogens is 3. The van der Waals surface area contributed by atoms with Gasteiger partial charge in [0.15, 0.2) is 0 Å². The van der Waals surface area contributed by atoms with Crippen molar-refractivity contribution in [2.45, 2.75) is 27.4 Å².